The Morgan fingerprint density at radius 1 is 1.62 bits per heavy atom. The van der Waals surface area contributed by atoms with E-state index in [2.05, 4.69) is 10.3 Å². The number of hydrogen-bond donors (Lipinski definition) is 3. The number of carbonyl (C=O) groups is 1. The number of thiazole rings is 1. The molecule has 0 fully saturated rings. The minimum atomic E-state index is -1.12. The van der Waals surface area contributed by atoms with Gasteiger partial charge in [-0.05, 0) is 12.1 Å². The summed E-state index contributed by atoms with van der Waals surface area (Å²) in [6.45, 7) is 0.415. The molecule has 2 aromatic rings. The highest BCUT2D eigenvalue weighted by Gasteiger charge is 2.17. The first-order chi connectivity index (χ1) is 10.0. The molecule has 21 heavy (non-hydrogen) atoms. The highest BCUT2D eigenvalue weighted by Crippen LogP contribution is 2.28. The molecule has 0 radical (unpaired) electrons. The van der Waals surface area contributed by atoms with Crippen LogP contribution in [0.2, 0.25) is 5.02 Å². The molecule has 0 spiro atoms. The number of carboxylic acids is 1. The summed E-state index contributed by atoms with van der Waals surface area (Å²) in [5.74, 6) is -0.436. The Morgan fingerprint density at radius 3 is 3.05 bits per heavy atom. The van der Waals surface area contributed by atoms with Crippen LogP contribution in [0.1, 0.15) is 17.3 Å². The van der Waals surface area contributed by atoms with Crippen molar-refractivity contribution >= 4 is 34.0 Å². The summed E-state index contributed by atoms with van der Waals surface area (Å²) in [5.41, 5.74) is 6.63. The van der Waals surface area contributed by atoms with Gasteiger partial charge in [-0.3, -0.25) is 4.79 Å². The van der Waals surface area contributed by atoms with E-state index in [4.69, 9.17) is 27.2 Å². The first kappa shape index (κ1) is 15.6. The Balaban J connectivity index is 2.09. The van der Waals surface area contributed by atoms with E-state index in [0.29, 0.717) is 28.1 Å². The number of nitrogens with zero attached hydrogens (tertiary/aromatic N) is 1. The van der Waals surface area contributed by atoms with Crippen LogP contribution in [0.5, 0.6) is 5.75 Å². The highest BCUT2D eigenvalue weighted by atomic mass is 35.5. The Bertz CT molecular complexity index is 647. The number of hydrogen-bond acceptors (Lipinski definition) is 6. The summed E-state index contributed by atoms with van der Waals surface area (Å²) < 4.78 is 5.25. The number of rotatable bonds is 6. The molecule has 0 amide bonds. The van der Waals surface area contributed by atoms with Crippen molar-refractivity contribution in [2.75, 3.05) is 12.4 Å². The van der Waals surface area contributed by atoms with Gasteiger partial charge in [0, 0.05) is 22.5 Å². The molecule has 1 heterocycles. The van der Waals surface area contributed by atoms with Gasteiger partial charge in [0.05, 0.1) is 12.8 Å². The first-order valence-corrected chi connectivity index (χ1v) is 7.27. The monoisotopic (exact) mass is 327 g/mol. The van der Waals surface area contributed by atoms with E-state index < -0.39 is 12.0 Å². The maximum Gasteiger partial charge on any atom is 0.326 e. The van der Waals surface area contributed by atoms with Crippen molar-refractivity contribution in [3.8, 4) is 5.75 Å². The molecule has 0 saturated carbocycles. The number of aromatic nitrogens is 1. The number of methoxy groups -OCH3 is 1. The summed E-state index contributed by atoms with van der Waals surface area (Å²) in [6, 6.07) is 4.27. The molecular formula is C13H14ClN3O3S. The van der Waals surface area contributed by atoms with Crippen LogP contribution in [0.25, 0.3) is 0 Å². The number of carboxylic acid groups (broad SMARTS) is 1. The molecule has 112 valence electrons. The number of anilines is 1. The van der Waals surface area contributed by atoms with E-state index >= 15 is 0 Å². The van der Waals surface area contributed by atoms with E-state index in [0.717, 1.165) is 5.56 Å². The molecule has 1 aromatic carbocycles. The molecule has 1 unspecified atom stereocenters. The number of aliphatic carboxylic acids is 1. The second-order valence-corrected chi connectivity index (χ2v) is 5.43. The lowest BCUT2D eigenvalue weighted by Gasteiger charge is -2.10. The smallest absolute Gasteiger partial charge is 0.326 e. The van der Waals surface area contributed by atoms with Crippen molar-refractivity contribution < 1.29 is 14.6 Å². The summed E-state index contributed by atoms with van der Waals surface area (Å²) in [7, 11) is 1.57. The minimum absolute atomic E-state index is 0.320. The lowest BCUT2D eigenvalue weighted by molar-refractivity contribution is -0.138. The summed E-state index contributed by atoms with van der Waals surface area (Å²) in [5, 5.41) is 14.7. The molecule has 4 N–H and O–H groups in total. The predicted octanol–water partition coefficient (Wildman–Crippen LogP) is 2.50. The summed E-state index contributed by atoms with van der Waals surface area (Å²) in [4.78, 5) is 15.0. The van der Waals surface area contributed by atoms with Crippen LogP contribution in [0, 0.1) is 0 Å². The molecule has 1 atom stereocenters. The van der Waals surface area contributed by atoms with E-state index in [1.807, 2.05) is 6.07 Å². The minimum Gasteiger partial charge on any atom is -0.496 e. The molecule has 0 bridgehead atoms. The van der Waals surface area contributed by atoms with Crippen molar-refractivity contribution in [2.24, 2.45) is 5.73 Å². The van der Waals surface area contributed by atoms with Gasteiger partial charge in [-0.2, -0.15) is 0 Å². The molecule has 2 rings (SSSR count). The zero-order valence-electron chi connectivity index (χ0n) is 11.2. The van der Waals surface area contributed by atoms with Crippen LogP contribution >= 0.6 is 22.9 Å². The lowest BCUT2D eigenvalue weighted by Crippen LogP contribution is -2.20. The van der Waals surface area contributed by atoms with Gasteiger partial charge in [0.25, 0.3) is 0 Å². The predicted molar refractivity (Wildman–Crippen MR) is 82.0 cm³/mol. The van der Waals surface area contributed by atoms with Crippen LogP contribution in [-0.4, -0.2) is 23.2 Å². The molecule has 0 saturated heterocycles. The van der Waals surface area contributed by atoms with E-state index in [1.165, 1.54) is 11.3 Å². The Kier molecular flexibility index (Phi) is 5.00. The Hall–Kier alpha value is -1.83. The third-order valence-electron chi connectivity index (χ3n) is 2.82. The van der Waals surface area contributed by atoms with Crippen molar-refractivity contribution in [1.82, 2.24) is 4.98 Å². The van der Waals surface area contributed by atoms with Gasteiger partial charge in [-0.15, -0.1) is 11.3 Å². The lowest BCUT2D eigenvalue weighted by atomic mass is 10.2. The Labute approximate surface area is 130 Å². The zero-order valence-corrected chi connectivity index (χ0v) is 12.7. The van der Waals surface area contributed by atoms with E-state index in [1.54, 1.807) is 24.6 Å². The zero-order chi connectivity index (χ0) is 15.4. The number of nitrogens with two attached hydrogens (primary N) is 1. The van der Waals surface area contributed by atoms with Crippen molar-refractivity contribution in [1.29, 1.82) is 0 Å². The maximum absolute atomic E-state index is 10.8. The molecule has 6 nitrogen and oxygen atoms in total. The van der Waals surface area contributed by atoms with Crippen LogP contribution in [0.15, 0.2) is 23.6 Å². The van der Waals surface area contributed by atoms with E-state index in [-0.39, 0.29) is 0 Å². The van der Waals surface area contributed by atoms with Gasteiger partial charge in [0.1, 0.15) is 11.8 Å². The van der Waals surface area contributed by atoms with Crippen molar-refractivity contribution in [2.45, 2.75) is 12.6 Å². The normalized spacial score (nSPS) is 12.0. The van der Waals surface area contributed by atoms with Gasteiger partial charge in [-0.25, -0.2) is 4.98 Å². The number of ether oxygens (including phenoxy) is 1. The Morgan fingerprint density at radius 2 is 2.38 bits per heavy atom. The number of nitrogens with one attached hydrogen (secondary N) is 1. The van der Waals surface area contributed by atoms with Crippen molar-refractivity contribution in [3.63, 3.8) is 0 Å². The van der Waals surface area contributed by atoms with Gasteiger partial charge < -0.3 is 20.9 Å². The molecular weight excluding hydrogens is 314 g/mol. The van der Waals surface area contributed by atoms with Gasteiger partial charge in [0.15, 0.2) is 5.13 Å². The van der Waals surface area contributed by atoms with Crippen LogP contribution < -0.4 is 15.8 Å². The SMILES string of the molecule is COc1cccc(Cl)c1CNc1nc(C(N)C(=O)O)cs1. The first-order valence-electron chi connectivity index (χ1n) is 6.02. The largest absolute Gasteiger partial charge is 0.496 e. The fourth-order valence-electron chi connectivity index (χ4n) is 1.70. The standard InChI is InChI=1S/C13H14ClN3O3S/c1-20-10-4-2-3-8(14)7(10)5-16-13-17-9(6-21-13)11(15)12(18)19/h2-4,6,11H,5,15H2,1H3,(H,16,17)(H,18,19). The number of halogens is 1. The van der Waals surface area contributed by atoms with Gasteiger partial charge in [-0.1, -0.05) is 17.7 Å². The van der Waals surface area contributed by atoms with Gasteiger partial charge in [0.2, 0.25) is 0 Å². The average molecular weight is 328 g/mol. The fourth-order valence-corrected chi connectivity index (χ4v) is 2.68. The second-order valence-electron chi connectivity index (χ2n) is 4.17. The summed E-state index contributed by atoms with van der Waals surface area (Å²) >= 11 is 7.42. The molecule has 0 aliphatic rings. The van der Waals surface area contributed by atoms with Crippen LogP contribution in [-0.2, 0) is 11.3 Å². The fraction of sp³-hybridized carbons (Fsp3) is 0.231. The molecule has 0 aliphatic heterocycles. The van der Waals surface area contributed by atoms with Gasteiger partial charge >= 0.3 is 5.97 Å². The third kappa shape index (κ3) is 3.63. The quantitative estimate of drug-likeness (QED) is 0.754. The van der Waals surface area contributed by atoms with Crippen LogP contribution in [0.4, 0.5) is 5.13 Å². The molecule has 0 aliphatic carbocycles. The van der Waals surface area contributed by atoms with Crippen LogP contribution in [0.3, 0.4) is 0 Å². The third-order valence-corrected chi connectivity index (χ3v) is 3.99. The molecule has 1 aromatic heterocycles. The maximum atomic E-state index is 10.8. The van der Waals surface area contributed by atoms with Crippen molar-refractivity contribution in [3.05, 3.63) is 39.9 Å². The summed E-state index contributed by atoms with van der Waals surface area (Å²) in [6.07, 6.45) is 0. The highest BCUT2D eigenvalue weighted by molar-refractivity contribution is 7.13. The average Bonchev–Trinajstić information content (AvgIpc) is 2.93. The second kappa shape index (κ2) is 6.75. The van der Waals surface area contributed by atoms with E-state index in [9.17, 15) is 4.79 Å². The topological polar surface area (TPSA) is 97.5 Å². The number of benzene rings is 1. The molecule has 8 heteroatoms.